The molecule has 6 heteroatoms. The molecule has 88 valence electrons. The monoisotopic (exact) mass is 222 g/mol. The van der Waals surface area contributed by atoms with Gasteiger partial charge in [0.25, 0.3) is 6.43 Å². The van der Waals surface area contributed by atoms with E-state index in [4.69, 9.17) is 5.11 Å². The fourth-order valence-corrected chi connectivity index (χ4v) is 1.43. The van der Waals surface area contributed by atoms with Crippen molar-refractivity contribution in [2.75, 3.05) is 39.3 Å². The number of amides is 1. The number of likely N-dealkylation sites (tertiary alicyclic amines) is 1. The van der Waals surface area contributed by atoms with Gasteiger partial charge in [-0.2, -0.15) is 0 Å². The molecule has 0 atom stereocenters. The van der Waals surface area contributed by atoms with Crippen LogP contribution in [-0.2, 0) is 4.79 Å². The maximum atomic E-state index is 12.1. The summed E-state index contributed by atoms with van der Waals surface area (Å²) in [5, 5.41) is 8.66. The van der Waals surface area contributed by atoms with Crippen molar-refractivity contribution in [1.82, 2.24) is 9.80 Å². The first-order valence-corrected chi connectivity index (χ1v) is 5.02. The first kappa shape index (κ1) is 12.3. The summed E-state index contributed by atoms with van der Waals surface area (Å²) in [4.78, 5) is 14.4. The van der Waals surface area contributed by atoms with E-state index < -0.39 is 13.0 Å². The zero-order chi connectivity index (χ0) is 11.3. The van der Waals surface area contributed by atoms with Crippen LogP contribution in [0.3, 0.4) is 0 Å². The number of alkyl halides is 2. The van der Waals surface area contributed by atoms with Gasteiger partial charge < -0.3 is 10.0 Å². The number of hydrogen-bond acceptors (Lipinski definition) is 3. The number of hydrogen-bond donors (Lipinski definition) is 1. The third-order valence-corrected chi connectivity index (χ3v) is 2.38. The van der Waals surface area contributed by atoms with Crippen LogP contribution in [-0.4, -0.2) is 66.6 Å². The lowest BCUT2D eigenvalue weighted by atomic mass is 10.2. The Balaban J connectivity index is 2.31. The van der Waals surface area contributed by atoms with Crippen LogP contribution in [0.5, 0.6) is 0 Å². The number of aliphatic hydroxyl groups is 1. The molecule has 0 bridgehead atoms. The maximum Gasteiger partial charge on any atom is 0.251 e. The summed E-state index contributed by atoms with van der Waals surface area (Å²) in [6.45, 7) is 0.871. The highest BCUT2D eigenvalue weighted by Gasteiger charge is 2.23. The Morgan fingerprint density at radius 3 is 2.53 bits per heavy atom. The molecular formula is C9H16F2N2O2. The minimum atomic E-state index is -2.47. The Morgan fingerprint density at radius 1 is 1.47 bits per heavy atom. The van der Waals surface area contributed by atoms with Gasteiger partial charge in [0.1, 0.15) is 0 Å². The van der Waals surface area contributed by atoms with E-state index in [1.807, 2.05) is 0 Å². The summed E-state index contributed by atoms with van der Waals surface area (Å²) < 4.78 is 24.2. The van der Waals surface area contributed by atoms with Gasteiger partial charge in [-0.3, -0.25) is 9.69 Å². The van der Waals surface area contributed by atoms with Crippen molar-refractivity contribution in [3.8, 4) is 0 Å². The predicted octanol–water partition coefficient (Wildman–Crippen LogP) is -0.222. The largest absolute Gasteiger partial charge is 0.395 e. The molecule has 1 fully saturated rings. The zero-order valence-electron chi connectivity index (χ0n) is 8.53. The highest BCUT2D eigenvalue weighted by molar-refractivity contribution is 5.78. The molecule has 0 aliphatic carbocycles. The van der Waals surface area contributed by atoms with Crippen molar-refractivity contribution >= 4 is 5.91 Å². The van der Waals surface area contributed by atoms with Crippen LogP contribution in [0.25, 0.3) is 0 Å². The summed E-state index contributed by atoms with van der Waals surface area (Å²) in [5.41, 5.74) is 0. The quantitative estimate of drug-likeness (QED) is 0.675. The van der Waals surface area contributed by atoms with Crippen LogP contribution < -0.4 is 0 Å². The molecule has 0 spiro atoms. The van der Waals surface area contributed by atoms with Crippen molar-refractivity contribution in [2.45, 2.75) is 12.8 Å². The SMILES string of the molecule is O=C(CN(CCO)CC(F)F)N1CCC1. The normalized spacial score (nSPS) is 15.9. The summed E-state index contributed by atoms with van der Waals surface area (Å²) in [6.07, 6.45) is -1.48. The molecule has 1 rings (SSSR count). The fraction of sp³-hybridized carbons (Fsp3) is 0.889. The van der Waals surface area contributed by atoms with Crippen molar-refractivity contribution < 1.29 is 18.7 Å². The minimum Gasteiger partial charge on any atom is -0.395 e. The lowest BCUT2D eigenvalue weighted by Gasteiger charge is -2.33. The highest BCUT2D eigenvalue weighted by Crippen LogP contribution is 2.07. The average Bonchev–Trinajstić information content (AvgIpc) is 1.98. The lowest BCUT2D eigenvalue weighted by Crippen LogP contribution is -2.48. The summed E-state index contributed by atoms with van der Waals surface area (Å²) in [6, 6.07) is 0. The second-order valence-corrected chi connectivity index (χ2v) is 3.58. The van der Waals surface area contributed by atoms with Gasteiger partial charge >= 0.3 is 0 Å². The molecule has 0 aromatic rings. The second-order valence-electron chi connectivity index (χ2n) is 3.58. The van der Waals surface area contributed by atoms with Crippen LogP contribution in [0.1, 0.15) is 6.42 Å². The van der Waals surface area contributed by atoms with E-state index in [2.05, 4.69) is 0 Å². The Labute approximate surface area is 87.5 Å². The first-order chi connectivity index (χ1) is 7.13. The van der Waals surface area contributed by atoms with E-state index in [-0.39, 0.29) is 25.6 Å². The van der Waals surface area contributed by atoms with Crippen LogP contribution >= 0.6 is 0 Å². The summed E-state index contributed by atoms with van der Waals surface area (Å²) in [7, 11) is 0. The fourth-order valence-electron chi connectivity index (χ4n) is 1.43. The number of carbonyl (C=O) groups excluding carboxylic acids is 1. The van der Waals surface area contributed by atoms with E-state index in [9.17, 15) is 13.6 Å². The average molecular weight is 222 g/mol. The standard InChI is InChI=1S/C9H16F2N2O2/c10-8(11)6-12(4-5-14)7-9(15)13-2-1-3-13/h8,14H,1-7H2. The van der Waals surface area contributed by atoms with Gasteiger partial charge in [0.05, 0.1) is 19.7 Å². The Kier molecular flexibility index (Phi) is 4.90. The number of rotatable bonds is 6. The number of halogens is 2. The van der Waals surface area contributed by atoms with E-state index in [0.717, 1.165) is 19.5 Å². The van der Waals surface area contributed by atoms with E-state index in [1.54, 1.807) is 4.90 Å². The van der Waals surface area contributed by atoms with Crippen molar-refractivity contribution in [2.24, 2.45) is 0 Å². The summed E-state index contributed by atoms with van der Waals surface area (Å²) >= 11 is 0. The first-order valence-electron chi connectivity index (χ1n) is 5.02. The third-order valence-electron chi connectivity index (χ3n) is 2.38. The summed E-state index contributed by atoms with van der Waals surface area (Å²) in [5.74, 6) is -0.129. The van der Waals surface area contributed by atoms with Gasteiger partial charge in [-0.1, -0.05) is 0 Å². The molecule has 1 N–H and O–H groups in total. The molecule has 1 aliphatic rings. The predicted molar refractivity (Wildman–Crippen MR) is 50.7 cm³/mol. The number of nitrogens with zero attached hydrogens (tertiary/aromatic N) is 2. The lowest BCUT2D eigenvalue weighted by molar-refractivity contribution is -0.136. The Morgan fingerprint density at radius 2 is 2.13 bits per heavy atom. The van der Waals surface area contributed by atoms with Gasteiger partial charge in [-0.25, -0.2) is 8.78 Å². The molecule has 0 aromatic carbocycles. The molecule has 4 nitrogen and oxygen atoms in total. The van der Waals surface area contributed by atoms with Crippen LogP contribution in [0.2, 0.25) is 0 Å². The molecule has 0 unspecified atom stereocenters. The van der Waals surface area contributed by atoms with Gasteiger partial charge in [-0.15, -0.1) is 0 Å². The van der Waals surface area contributed by atoms with Gasteiger partial charge in [0, 0.05) is 19.6 Å². The van der Waals surface area contributed by atoms with E-state index >= 15 is 0 Å². The van der Waals surface area contributed by atoms with Crippen molar-refractivity contribution in [3.63, 3.8) is 0 Å². The highest BCUT2D eigenvalue weighted by atomic mass is 19.3. The van der Waals surface area contributed by atoms with Crippen molar-refractivity contribution in [3.05, 3.63) is 0 Å². The molecule has 0 saturated carbocycles. The molecule has 0 radical (unpaired) electrons. The molecule has 1 heterocycles. The van der Waals surface area contributed by atoms with Gasteiger partial charge in [-0.05, 0) is 6.42 Å². The van der Waals surface area contributed by atoms with Crippen LogP contribution in [0.4, 0.5) is 8.78 Å². The minimum absolute atomic E-state index is 0.0229. The number of aliphatic hydroxyl groups excluding tert-OH is 1. The zero-order valence-corrected chi connectivity index (χ0v) is 8.53. The smallest absolute Gasteiger partial charge is 0.251 e. The molecule has 15 heavy (non-hydrogen) atoms. The Hall–Kier alpha value is -0.750. The molecular weight excluding hydrogens is 206 g/mol. The van der Waals surface area contributed by atoms with E-state index in [0.29, 0.717) is 0 Å². The second kappa shape index (κ2) is 5.97. The molecule has 1 amide bonds. The van der Waals surface area contributed by atoms with Gasteiger partial charge in [0.15, 0.2) is 0 Å². The maximum absolute atomic E-state index is 12.1. The third kappa shape index (κ3) is 4.09. The molecule has 1 aliphatic heterocycles. The van der Waals surface area contributed by atoms with Crippen LogP contribution in [0.15, 0.2) is 0 Å². The van der Waals surface area contributed by atoms with E-state index in [1.165, 1.54) is 4.90 Å². The topological polar surface area (TPSA) is 43.8 Å². The Bertz CT molecular complexity index is 210. The van der Waals surface area contributed by atoms with Crippen LogP contribution in [0, 0.1) is 0 Å². The number of carbonyl (C=O) groups is 1. The van der Waals surface area contributed by atoms with Gasteiger partial charge in [0.2, 0.25) is 5.91 Å². The molecule has 1 saturated heterocycles. The van der Waals surface area contributed by atoms with Crippen molar-refractivity contribution in [1.29, 1.82) is 0 Å². The molecule has 0 aromatic heterocycles.